The molecule has 5 atom stereocenters. The van der Waals surface area contributed by atoms with E-state index in [0.717, 1.165) is 44.2 Å². The van der Waals surface area contributed by atoms with E-state index in [0.29, 0.717) is 13.1 Å². The number of hydrogen-bond acceptors (Lipinski definition) is 4. The molecule has 0 bridgehead atoms. The van der Waals surface area contributed by atoms with Crippen molar-refractivity contribution in [2.75, 3.05) is 25.5 Å². The van der Waals surface area contributed by atoms with Crippen molar-refractivity contribution in [3.8, 4) is 0 Å². The van der Waals surface area contributed by atoms with E-state index in [2.05, 4.69) is 30.4 Å². The fourth-order valence-corrected chi connectivity index (χ4v) is 7.58. The molecule has 1 saturated carbocycles. The van der Waals surface area contributed by atoms with Crippen molar-refractivity contribution >= 4 is 11.8 Å². The number of para-hydroxylation sites is 1. The Labute approximate surface area is 154 Å². The fraction of sp³-hybridized carbons (Fsp3) is 0.667. The maximum Gasteiger partial charge on any atom is 0.257 e. The lowest BCUT2D eigenvalue weighted by atomic mass is 9.50. The van der Waals surface area contributed by atoms with Gasteiger partial charge in [-0.05, 0) is 43.7 Å². The van der Waals surface area contributed by atoms with Gasteiger partial charge in [-0.3, -0.25) is 4.48 Å². The van der Waals surface area contributed by atoms with Gasteiger partial charge in [-0.25, -0.2) is 0 Å². The highest BCUT2D eigenvalue weighted by atomic mass is 16.5. The summed E-state index contributed by atoms with van der Waals surface area (Å²) in [6.07, 6.45) is 5.00. The molecule has 1 N–H and O–H groups in total. The van der Waals surface area contributed by atoms with E-state index in [1.165, 1.54) is 5.56 Å². The van der Waals surface area contributed by atoms with Gasteiger partial charge in [0.05, 0.1) is 13.1 Å². The predicted octanol–water partition coefficient (Wildman–Crippen LogP) is 2.61. The summed E-state index contributed by atoms with van der Waals surface area (Å²) in [5.74, 6) is 0. The smallest absolute Gasteiger partial charge is 0.257 e. The molecule has 1 amide bonds. The second kappa shape index (κ2) is 5.02. The molecule has 5 nitrogen and oxygen atoms in total. The van der Waals surface area contributed by atoms with Gasteiger partial charge in [0, 0.05) is 24.6 Å². The summed E-state index contributed by atoms with van der Waals surface area (Å²) in [4.78, 5) is 12.5. The molecule has 0 aromatic heterocycles. The zero-order chi connectivity index (χ0) is 18.2. The molecule has 3 aliphatic heterocycles. The van der Waals surface area contributed by atoms with E-state index >= 15 is 0 Å². The number of quaternary nitrogens is 1. The molecule has 1 aromatic rings. The summed E-state index contributed by atoms with van der Waals surface area (Å²) in [5.41, 5.74) is 1.62. The summed E-state index contributed by atoms with van der Waals surface area (Å²) >= 11 is 0. The molecule has 1 spiro atoms. The first-order valence-corrected chi connectivity index (χ1v) is 10.0. The Kier molecular flexibility index (Phi) is 3.20. The quantitative estimate of drug-likeness (QED) is 0.828. The number of hydrogen-bond donors (Lipinski definition) is 1. The second-order valence-electron chi connectivity index (χ2n) is 8.89. The standard InChI is InChI=1S/C21H28N2O3/c1-3-19-9-6-13-23(18(24)25)14-12-20(17(19)23)15-7-4-5-8-16(15)22-21(20,26-2)11-10-19/h4-5,7-8,17,22H,3,6,9-14H2,1-2H3/t17-,19-,20+,21+,23?/m1/s1. The van der Waals surface area contributed by atoms with Crippen LogP contribution in [0.25, 0.3) is 0 Å². The minimum Gasteiger partial charge on any atom is -0.498 e. The molecule has 1 aliphatic carbocycles. The number of carbonyl (C=O) groups excluding carboxylic acids is 1. The monoisotopic (exact) mass is 356 g/mol. The molecule has 1 aromatic carbocycles. The Balaban J connectivity index is 1.82. The van der Waals surface area contributed by atoms with Gasteiger partial charge in [0.1, 0.15) is 11.5 Å². The van der Waals surface area contributed by atoms with E-state index in [4.69, 9.17) is 4.74 Å². The normalized spacial score (nSPS) is 45.4. The number of nitrogens with zero attached hydrogens (tertiary/aromatic N) is 1. The Morgan fingerprint density at radius 1 is 1.27 bits per heavy atom. The van der Waals surface area contributed by atoms with E-state index in [1.54, 1.807) is 7.11 Å². The number of carbonyl (C=O) groups is 1. The zero-order valence-electron chi connectivity index (χ0n) is 15.7. The van der Waals surface area contributed by atoms with Crippen LogP contribution in [0.5, 0.6) is 0 Å². The molecule has 3 heterocycles. The second-order valence-corrected chi connectivity index (χ2v) is 8.89. The van der Waals surface area contributed by atoms with Gasteiger partial charge >= 0.3 is 0 Å². The predicted molar refractivity (Wildman–Crippen MR) is 96.5 cm³/mol. The number of piperidine rings is 1. The Morgan fingerprint density at radius 2 is 2.08 bits per heavy atom. The summed E-state index contributed by atoms with van der Waals surface area (Å²) in [6.45, 7) is 3.59. The number of amides is 1. The minimum atomic E-state index is -0.888. The average Bonchev–Trinajstić information content (AvgIpc) is 3.18. The number of nitrogens with one attached hydrogen (secondary N) is 1. The van der Waals surface area contributed by atoms with Crippen LogP contribution < -0.4 is 10.4 Å². The van der Waals surface area contributed by atoms with E-state index in [9.17, 15) is 9.90 Å². The maximum atomic E-state index is 12.5. The summed E-state index contributed by atoms with van der Waals surface area (Å²) < 4.78 is 6.35. The van der Waals surface area contributed by atoms with Crippen LogP contribution in [0.3, 0.4) is 0 Å². The molecule has 0 radical (unpaired) electrons. The van der Waals surface area contributed by atoms with Crippen LogP contribution in [0.15, 0.2) is 24.3 Å². The molecule has 1 unspecified atom stereocenters. The third-order valence-corrected chi connectivity index (χ3v) is 8.53. The highest BCUT2D eigenvalue weighted by molar-refractivity contribution is 5.67. The lowest BCUT2D eigenvalue weighted by molar-refractivity contribution is -0.905. The van der Waals surface area contributed by atoms with Crippen LogP contribution in [0, 0.1) is 5.41 Å². The summed E-state index contributed by atoms with van der Waals surface area (Å²) in [6, 6.07) is 8.46. The maximum absolute atomic E-state index is 12.5. The van der Waals surface area contributed by atoms with Crippen molar-refractivity contribution in [2.45, 2.75) is 62.6 Å². The van der Waals surface area contributed by atoms with E-state index < -0.39 is 11.8 Å². The Bertz CT molecular complexity index is 782. The highest BCUT2D eigenvalue weighted by Gasteiger charge is 2.79. The first-order chi connectivity index (χ1) is 12.5. The van der Waals surface area contributed by atoms with Gasteiger partial charge in [0.2, 0.25) is 0 Å². The number of fused-ring (bicyclic) bond motifs is 1. The van der Waals surface area contributed by atoms with Gasteiger partial charge in [0.15, 0.2) is 5.72 Å². The van der Waals surface area contributed by atoms with Crippen molar-refractivity contribution in [2.24, 2.45) is 5.41 Å². The minimum absolute atomic E-state index is 0.0172. The first-order valence-electron chi connectivity index (χ1n) is 10.0. The van der Waals surface area contributed by atoms with Crippen molar-refractivity contribution in [1.29, 1.82) is 0 Å². The van der Waals surface area contributed by atoms with Crippen LogP contribution >= 0.6 is 0 Å². The summed E-state index contributed by atoms with van der Waals surface area (Å²) in [5, 5.41) is 16.2. The third kappa shape index (κ3) is 1.55. The van der Waals surface area contributed by atoms with Crippen LogP contribution in [-0.4, -0.2) is 42.5 Å². The van der Waals surface area contributed by atoms with Gasteiger partial charge in [-0.15, -0.1) is 0 Å². The molecule has 5 rings (SSSR count). The van der Waals surface area contributed by atoms with Crippen molar-refractivity contribution in [1.82, 2.24) is 0 Å². The largest absolute Gasteiger partial charge is 0.498 e. The van der Waals surface area contributed by atoms with Crippen LogP contribution in [0.1, 0.15) is 51.0 Å². The number of carboxylic acid groups (broad SMARTS) is 1. The number of rotatable bonds is 2. The van der Waals surface area contributed by atoms with Crippen molar-refractivity contribution < 1.29 is 19.1 Å². The number of benzene rings is 1. The lowest BCUT2D eigenvalue weighted by Crippen LogP contribution is -2.76. The van der Waals surface area contributed by atoms with Gasteiger partial charge in [-0.1, -0.05) is 25.1 Å². The number of ether oxygens (including phenoxy) is 1. The number of methoxy groups -OCH3 is 1. The van der Waals surface area contributed by atoms with Crippen molar-refractivity contribution in [3.63, 3.8) is 0 Å². The highest BCUT2D eigenvalue weighted by Crippen LogP contribution is 2.69. The third-order valence-electron chi connectivity index (χ3n) is 8.53. The molecular weight excluding hydrogens is 328 g/mol. The van der Waals surface area contributed by atoms with Crippen LogP contribution in [0.2, 0.25) is 0 Å². The molecular formula is C21H28N2O3. The van der Waals surface area contributed by atoms with Crippen molar-refractivity contribution in [3.05, 3.63) is 29.8 Å². The molecule has 26 heavy (non-hydrogen) atoms. The first kappa shape index (κ1) is 16.6. The summed E-state index contributed by atoms with van der Waals surface area (Å²) in [7, 11) is 1.79. The number of anilines is 1. The lowest BCUT2D eigenvalue weighted by Gasteiger charge is -2.62. The van der Waals surface area contributed by atoms with E-state index in [1.807, 2.05) is 6.07 Å². The SMILES string of the molecule is CC[C@@]12CCC[N+]3(C(=O)[O-])CC[C@]4(c5ccccc5N[C@]4(OC)CC1)[C@@H]23. The Morgan fingerprint density at radius 3 is 2.81 bits per heavy atom. The fourth-order valence-electron chi connectivity index (χ4n) is 7.58. The van der Waals surface area contributed by atoms with Gasteiger partial charge in [-0.2, -0.15) is 0 Å². The molecule has 2 saturated heterocycles. The molecule has 140 valence electrons. The zero-order valence-corrected chi connectivity index (χ0v) is 15.7. The molecule has 4 aliphatic rings. The van der Waals surface area contributed by atoms with Crippen LogP contribution in [-0.2, 0) is 10.2 Å². The van der Waals surface area contributed by atoms with Gasteiger partial charge < -0.3 is 20.0 Å². The molecule has 5 heteroatoms. The molecule has 3 fully saturated rings. The average molecular weight is 356 g/mol. The Hall–Kier alpha value is -1.59. The topological polar surface area (TPSA) is 61.4 Å². The van der Waals surface area contributed by atoms with Crippen LogP contribution in [0.4, 0.5) is 10.5 Å². The van der Waals surface area contributed by atoms with E-state index in [-0.39, 0.29) is 21.4 Å². The van der Waals surface area contributed by atoms with Gasteiger partial charge in [0.25, 0.3) is 6.09 Å².